The maximum atomic E-state index is 12.2. The van der Waals surface area contributed by atoms with Crippen LogP contribution in [0.1, 0.15) is 27.2 Å². The Balaban J connectivity index is 1.65. The number of likely N-dealkylation sites (tertiary alicyclic amines) is 1. The molecule has 1 amide bonds. The van der Waals surface area contributed by atoms with Crippen molar-refractivity contribution in [1.82, 2.24) is 14.9 Å². The van der Waals surface area contributed by atoms with E-state index in [2.05, 4.69) is 14.9 Å². The van der Waals surface area contributed by atoms with Gasteiger partial charge in [-0.05, 0) is 27.2 Å². The van der Waals surface area contributed by atoms with Gasteiger partial charge < -0.3 is 24.6 Å². The van der Waals surface area contributed by atoms with Crippen molar-refractivity contribution in [3.63, 3.8) is 0 Å². The van der Waals surface area contributed by atoms with Gasteiger partial charge in [0.15, 0.2) is 0 Å². The summed E-state index contributed by atoms with van der Waals surface area (Å²) < 4.78 is 5.44. The van der Waals surface area contributed by atoms with Gasteiger partial charge in [0.1, 0.15) is 5.60 Å². The number of hydrogen-bond donors (Lipinski definition) is 2. The van der Waals surface area contributed by atoms with Crippen molar-refractivity contribution in [1.29, 1.82) is 0 Å². The van der Waals surface area contributed by atoms with Gasteiger partial charge in [-0.3, -0.25) is 0 Å². The summed E-state index contributed by atoms with van der Waals surface area (Å²) in [6.45, 7) is 6.82. The van der Waals surface area contributed by atoms with Crippen molar-refractivity contribution < 1.29 is 19.6 Å². The summed E-state index contributed by atoms with van der Waals surface area (Å²) >= 11 is 0. The van der Waals surface area contributed by atoms with E-state index in [4.69, 9.17) is 14.8 Å². The van der Waals surface area contributed by atoms with Crippen LogP contribution in [0.3, 0.4) is 0 Å². The predicted octanol–water partition coefficient (Wildman–Crippen LogP) is -0.646. The minimum atomic E-state index is -1.57. The summed E-state index contributed by atoms with van der Waals surface area (Å²) in [6.07, 6.45) is 3.41. The van der Waals surface area contributed by atoms with E-state index in [1.807, 2.05) is 20.8 Å². The molecule has 0 aliphatic carbocycles. The Morgan fingerprint density at radius 2 is 1.91 bits per heavy atom. The molecule has 1 aromatic heterocycles. The van der Waals surface area contributed by atoms with Gasteiger partial charge in [0, 0.05) is 30.9 Å². The molecule has 3 heterocycles. The van der Waals surface area contributed by atoms with Crippen LogP contribution in [0.15, 0.2) is 12.4 Å². The second-order valence-electron chi connectivity index (χ2n) is 7.02. The largest absolute Gasteiger partial charge is 0.491 e. The maximum Gasteiger partial charge on any atom is 0.491 e. The number of ether oxygens (including phenoxy) is 1. The number of carbonyl (C=O) groups excluding carboxylic acids is 1. The second-order valence-corrected chi connectivity index (χ2v) is 7.02. The van der Waals surface area contributed by atoms with Gasteiger partial charge in [-0.25, -0.2) is 14.8 Å². The van der Waals surface area contributed by atoms with Crippen molar-refractivity contribution >= 4 is 24.6 Å². The van der Waals surface area contributed by atoms with Gasteiger partial charge in [0.25, 0.3) is 0 Å². The summed E-state index contributed by atoms with van der Waals surface area (Å²) in [5.41, 5.74) is -0.239. The van der Waals surface area contributed by atoms with Crippen LogP contribution in [0, 0.1) is 0 Å². The van der Waals surface area contributed by atoms with Crippen LogP contribution in [0.25, 0.3) is 0 Å². The molecule has 0 aromatic carbocycles. The zero-order valence-electron chi connectivity index (χ0n) is 13.5. The fourth-order valence-corrected chi connectivity index (χ4v) is 3.07. The standard InChI is InChI=1S/C14H21BN4O4/c1-14(2,3)23-13(20)19-8-10-4-11(19)7-18(10)12-16-5-9(6-17-12)15(21)22/h5-6,10-11,21-22H,4,7-8H2,1-3H3/t10-,11-/m0/s1. The molecule has 23 heavy (non-hydrogen) atoms. The molecule has 1 aromatic rings. The summed E-state index contributed by atoms with van der Waals surface area (Å²) in [5, 5.41) is 18.2. The molecule has 9 heteroatoms. The first kappa shape index (κ1) is 16.0. The number of rotatable bonds is 2. The average Bonchev–Trinajstić information content (AvgIpc) is 3.05. The number of hydrogen-bond acceptors (Lipinski definition) is 7. The van der Waals surface area contributed by atoms with Crippen LogP contribution < -0.4 is 10.4 Å². The van der Waals surface area contributed by atoms with E-state index in [0.29, 0.717) is 19.0 Å². The number of piperazine rings is 1. The van der Waals surface area contributed by atoms with Crippen molar-refractivity contribution in [2.45, 2.75) is 44.9 Å². The van der Waals surface area contributed by atoms with Gasteiger partial charge in [-0.15, -0.1) is 0 Å². The molecule has 0 spiro atoms. The lowest BCUT2D eigenvalue weighted by atomic mass is 9.83. The molecule has 2 atom stereocenters. The predicted molar refractivity (Wildman–Crippen MR) is 84.3 cm³/mol. The summed E-state index contributed by atoms with van der Waals surface area (Å²) in [5.74, 6) is 0.547. The molecule has 0 unspecified atom stereocenters. The molecular weight excluding hydrogens is 299 g/mol. The molecule has 2 aliphatic rings. The lowest BCUT2D eigenvalue weighted by Crippen LogP contribution is -2.50. The van der Waals surface area contributed by atoms with Crippen molar-refractivity contribution in [2.24, 2.45) is 0 Å². The normalized spacial score (nSPS) is 23.3. The van der Waals surface area contributed by atoms with Crippen molar-refractivity contribution in [3.05, 3.63) is 12.4 Å². The lowest BCUT2D eigenvalue weighted by molar-refractivity contribution is 0.0214. The van der Waals surface area contributed by atoms with Crippen LogP contribution in [0.5, 0.6) is 0 Å². The lowest BCUT2D eigenvalue weighted by Gasteiger charge is -2.35. The molecule has 124 valence electrons. The molecule has 3 rings (SSSR count). The summed E-state index contributed by atoms with van der Waals surface area (Å²) in [4.78, 5) is 24.4. The quantitative estimate of drug-likeness (QED) is 0.699. The number of anilines is 1. The molecule has 2 N–H and O–H groups in total. The topological polar surface area (TPSA) is 99.0 Å². The van der Waals surface area contributed by atoms with Gasteiger partial charge in [-0.1, -0.05) is 0 Å². The minimum Gasteiger partial charge on any atom is -0.444 e. The third kappa shape index (κ3) is 3.25. The molecule has 0 radical (unpaired) electrons. The molecular formula is C14H21BN4O4. The zero-order chi connectivity index (χ0) is 16.8. The fraction of sp³-hybridized carbons (Fsp3) is 0.643. The highest BCUT2D eigenvalue weighted by molar-refractivity contribution is 6.58. The van der Waals surface area contributed by atoms with E-state index in [1.165, 1.54) is 12.4 Å². The van der Waals surface area contributed by atoms with E-state index >= 15 is 0 Å². The van der Waals surface area contributed by atoms with Gasteiger partial charge in [0.05, 0.1) is 12.1 Å². The Morgan fingerprint density at radius 3 is 2.39 bits per heavy atom. The molecule has 8 nitrogen and oxygen atoms in total. The van der Waals surface area contributed by atoms with E-state index < -0.39 is 12.7 Å². The Hall–Kier alpha value is -1.87. The molecule has 2 aliphatic heterocycles. The van der Waals surface area contributed by atoms with Gasteiger partial charge in [0.2, 0.25) is 5.95 Å². The molecule has 2 fully saturated rings. The van der Waals surface area contributed by atoms with E-state index in [9.17, 15) is 4.79 Å². The van der Waals surface area contributed by atoms with Gasteiger partial charge in [-0.2, -0.15) is 0 Å². The van der Waals surface area contributed by atoms with Gasteiger partial charge >= 0.3 is 13.2 Å². The van der Waals surface area contributed by atoms with E-state index in [1.54, 1.807) is 4.90 Å². The third-order valence-corrected chi connectivity index (χ3v) is 4.08. The molecule has 0 saturated carbocycles. The highest BCUT2D eigenvalue weighted by Crippen LogP contribution is 2.33. The first-order chi connectivity index (χ1) is 10.7. The Kier molecular flexibility index (Phi) is 3.93. The summed E-state index contributed by atoms with van der Waals surface area (Å²) in [7, 11) is -1.57. The zero-order valence-corrected chi connectivity index (χ0v) is 13.5. The van der Waals surface area contributed by atoms with Crippen LogP contribution in [-0.2, 0) is 4.74 Å². The Bertz CT molecular complexity index is 589. The van der Waals surface area contributed by atoms with E-state index in [-0.39, 0.29) is 23.6 Å². The van der Waals surface area contributed by atoms with Crippen LogP contribution in [0.4, 0.5) is 10.7 Å². The monoisotopic (exact) mass is 320 g/mol. The second kappa shape index (κ2) is 5.65. The molecule has 2 bridgehead atoms. The van der Waals surface area contributed by atoms with Crippen LogP contribution in [0.2, 0.25) is 0 Å². The number of nitrogens with zero attached hydrogens (tertiary/aromatic N) is 4. The first-order valence-corrected chi connectivity index (χ1v) is 7.69. The van der Waals surface area contributed by atoms with Crippen molar-refractivity contribution in [2.75, 3.05) is 18.0 Å². The Morgan fingerprint density at radius 1 is 1.26 bits per heavy atom. The molecule has 2 saturated heterocycles. The average molecular weight is 320 g/mol. The van der Waals surface area contributed by atoms with Crippen LogP contribution >= 0.6 is 0 Å². The minimum absolute atomic E-state index is 0.0987. The Labute approximate surface area is 135 Å². The highest BCUT2D eigenvalue weighted by atomic mass is 16.6. The fourth-order valence-electron chi connectivity index (χ4n) is 3.07. The van der Waals surface area contributed by atoms with Crippen LogP contribution in [-0.4, -0.2) is 68.9 Å². The number of aromatic nitrogens is 2. The third-order valence-electron chi connectivity index (χ3n) is 4.08. The number of carbonyl (C=O) groups is 1. The highest BCUT2D eigenvalue weighted by Gasteiger charge is 2.47. The van der Waals surface area contributed by atoms with E-state index in [0.717, 1.165) is 6.42 Å². The maximum absolute atomic E-state index is 12.2. The first-order valence-electron chi connectivity index (χ1n) is 7.69. The van der Waals surface area contributed by atoms with Crippen molar-refractivity contribution in [3.8, 4) is 0 Å². The smallest absolute Gasteiger partial charge is 0.444 e. The number of fused-ring (bicyclic) bond motifs is 2. The summed E-state index contributed by atoms with van der Waals surface area (Å²) in [6, 6.07) is 0.263. The number of amides is 1. The SMILES string of the molecule is CC(C)(C)OC(=O)N1C[C@@H]2C[C@H]1CN2c1ncc(B(O)O)cn1.